The maximum absolute atomic E-state index is 10.9. The highest BCUT2D eigenvalue weighted by atomic mass is 16.4. The van der Waals surface area contributed by atoms with Crippen molar-refractivity contribution in [2.45, 2.75) is 26.8 Å². The summed E-state index contributed by atoms with van der Waals surface area (Å²) in [4.78, 5) is 19.7. The Hall–Kier alpha value is -2.63. The first kappa shape index (κ1) is 13.4. The molecule has 108 valence electrons. The van der Waals surface area contributed by atoms with Crippen molar-refractivity contribution in [2.75, 3.05) is 0 Å². The van der Waals surface area contributed by atoms with Crippen molar-refractivity contribution in [3.05, 3.63) is 35.9 Å². The number of carboxylic acids is 1. The number of hydrogen-bond acceptors (Lipinski definition) is 4. The van der Waals surface area contributed by atoms with Crippen LogP contribution in [0.2, 0.25) is 0 Å². The molecular weight excluding hydrogens is 270 g/mol. The minimum Gasteiger partial charge on any atom is -0.481 e. The molecule has 6 heteroatoms. The predicted octanol–water partition coefficient (Wildman–Crippen LogP) is 2.78. The topological polar surface area (TPSA) is 81.2 Å². The van der Waals surface area contributed by atoms with Crippen molar-refractivity contribution in [1.82, 2.24) is 14.5 Å². The fraction of sp³-hybridized carbons (Fsp3) is 0.267. The van der Waals surface area contributed by atoms with Crippen molar-refractivity contribution >= 4 is 17.0 Å². The maximum Gasteiger partial charge on any atom is 0.305 e. The van der Waals surface area contributed by atoms with E-state index in [1.54, 1.807) is 6.92 Å². The van der Waals surface area contributed by atoms with Crippen LogP contribution in [-0.2, 0) is 11.3 Å². The van der Waals surface area contributed by atoms with Gasteiger partial charge >= 0.3 is 5.97 Å². The summed E-state index contributed by atoms with van der Waals surface area (Å²) in [6.07, 6.45) is 0.0273. The van der Waals surface area contributed by atoms with Gasteiger partial charge in [0.15, 0.2) is 17.5 Å². The number of aliphatic carboxylic acids is 1. The normalized spacial score (nSPS) is 11.1. The Bertz CT molecular complexity index is 817. The molecule has 6 nitrogen and oxygen atoms in total. The third kappa shape index (κ3) is 2.40. The van der Waals surface area contributed by atoms with Crippen LogP contribution in [0.15, 0.2) is 28.7 Å². The number of fused-ring (bicyclic) bond motifs is 1. The number of aromatic nitrogens is 3. The second kappa shape index (κ2) is 5.05. The van der Waals surface area contributed by atoms with E-state index in [4.69, 9.17) is 9.52 Å². The van der Waals surface area contributed by atoms with E-state index in [-0.39, 0.29) is 6.42 Å². The monoisotopic (exact) mass is 285 g/mol. The number of hydrogen-bond donors (Lipinski definition) is 1. The second-order valence-electron chi connectivity index (χ2n) is 4.87. The minimum absolute atomic E-state index is 0.0273. The molecule has 0 amide bonds. The minimum atomic E-state index is -0.843. The molecule has 0 aliphatic carbocycles. The van der Waals surface area contributed by atoms with E-state index in [1.165, 1.54) is 0 Å². The number of benzene rings is 1. The number of oxazole rings is 1. The molecule has 0 atom stereocenters. The Morgan fingerprint density at radius 2 is 2.05 bits per heavy atom. The van der Waals surface area contributed by atoms with Crippen molar-refractivity contribution < 1.29 is 14.3 Å². The molecule has 2 heterocycles. The van der Waals surface area contributed by atoms with Gasteiger partial charge in [0.2, 0.25) is 0 Å². The van der Waals surface area contributed by atoms with E-state index in [9.17, 15) is 4.79 Å². The van der Waals surface area contributed by atoms with E-state index in [0.29, 0.717) is 24.0 Å². The number of carboxylic acid groups (broad SMARTS) is 1. The van der Waals surface area contributed by atoms with Gasteiger partial charge in [0.05, 0.1) is 23.1 Å². The molecule has 1 N–H and O–H groups in total. The second-order valence-corrected chi connectivity index (χ2v) is 4.87. The first-order chi connectivity index (χ1) is 10.1. The van der Waals surface area contributed by atoms with Gasteiger partial charge in [-0.3, -0.25) is 4.79 Å². The van der Waals surface area contributed by atoms with E-state index >= 15 is 0 Å². The van der Waals surface area contributed by atoms with Gasteiger partial charge in [-0.15, -0.1) is 0 Å². The highest BCUT2D eigenvalue weighted by Crippen LogP contribution is 2.28. The third-order valence-electron chi connectivity index (χ3n) is 3.31. The zero-order chi connectivity index (χ0) is 15.0. The molecule has 2 aromatic heterocycles. The third-order valence-corrected chi connectivity index (χ3v) is 3.31. The molecule has 1 aromatic carbocycles. The molecule has 0 saturated heterocycles. The summed E-state index contributed by atoms with van der Waals surface area (Å²) in [6, 6.07) is 7.63. The van der Waals surface area contributed by atoms with Gasteiger partial charge in [-0.25, -0.2) is 9.97 Å². The molecule has 3 aromatic rings. The van der Waals surface area contributed by atoms with E-state index in [2.05, 4.69) is 9.97 Å². The first-order valence-corrected chi connectivity index (χ1v) is 6.67. The number of carbonyl (C=O) groups is 1. The summed E-state index contributed by atoms with van der Waals surface area (Å²) in [7, 11) is 0. The maximum atomic E-state index is 10.9. The fourth-order valence-corrected chi connectivity index (χ4v) is 2.42. The summed E-state index contributed by atoms with van der Waals surface area (Å²) in [5.41, 5.74) is 2.45. The predicted molar refractivity (Wildman–Crippen MR) is 77.0 cm³/mol. The average Bonchev–Trinajstić information content (AvgIpc) is 2.96. The summed E-state index contributed by atoms with van der Waals surface area (Å²) in [5, 5.41) is 8.94. The lowest BCUT2D eigenvalue weighted by molar-refractivity contribution is -0.137. The largest absolute Gasteiger partial charge is 0.481 e. The Morgan fingerprint density at radius 1 is 1.29 bits per heavy atom. The quantitative estimate of drug-likeness (QED) is 0.797. The average molecular weight is 285 g/mol. The molecule has 0 aliphatic rings. The van der Waals surface area contributed by atoms with Gasteiger partial charge in [-0.2, -0.15) is 0 Å². The Morgan fingerprint density at radius 3 is 2.71 bits per heavy atom. The van der Waals surface area contributed by atoms with Gasteiger partial charge in [-0.05, 0) is 19.1 Å². The summed E-state index contributed by atoms with van der Waals surface area (Å²) in [5.74, 6) is 0.938. The van der Waals surface area contributed by atoms with Crippen molar-refractivity contribution in [3.8, 4) is 11.6 Å². The highest BCUT2D eigenvalue weighted by molar-refractivity contribution is 5.80. The van der Waals surface area contributed by atoms with Crippen LogP contribution in [0.25, 0.3) is 22.6 Å². The van der Waals surface area contributed by atoms with Gasteiger partial charge in [0.1, 0.15) is 0 Å². The van der Waals surface area contributed by atoms with Crippen LogP contribution in [0.1, 0.15) is 18.0 Å². The highest BCUT2D eigenvalue weighted by Gasteiger charge is 2.19. The van der Waals surface area contributed by atoms with E-state index in [0.717, 1.165) is 16.7 Å². The molecular formula is C15H15N3O3. The van der Waals surface area contributed by atoms with E-state index < -0.39 is 5.97 Å². The van der Waals surface area contributed by atoms with Gasteiger partial charge in [-0.1, -0.05) is 12.1 Å². The summed E-state index contributed by atoms with van der Waals surface area (Å²) >= 11 is 0. The van der Waals surface area contributed by atoms with Crippen LogP contribution < -0.4 is 0 Å². The standard InChI is InChI=1S/C15H15N3O3/c1-9-14(21-10(2)16-9)15-17-11-5-3-4-6-12(11)18(15)8-7-13(19)20/h3-6H,7-8H2,1-2H3,(H,19,20). The lowest BCUT2D eigenvalue weighted by atomic mass is 10.3. The molecule has 0 saturated carbocycles. The van der Waals surface area contributed by atoms with Crippen LogP contribution in [0.5, 0.6) is 0 Å². The lowest BCUT2D eigenvalue weighted by Crippen LogP contribution is -2.06. The SMILES string of the molecule is Cc1nc(C)c(-c2nc3ccccc3n2CCC(=O)O)o1. The smallest absolute Gasteiger partial charge is 0.305 e. The number of aryl methyl sites for hydroxylation is 3. The number of nitrogens with zero attached hydrogens (tertiary/aromatic N) is 3. The number of rotatable bonds is 4. The summed E-state index contributed by atoms with van der Waals surface area (Å²) < 4.78 is 7.51. The molecule has 0 aliphatic heterocycles. The van der Waals surface area contributed by atoms with Crippen LogP contribution in [-0.4, -0.2) is 25.6 Å². The van der Waals surface area contributed by atoms with Crippen molar-refractivity contribution in [2.24, 2.45) is 0 Å². The fourth-order valence-electron chi connectivity index (χ4n) is 2.42. The van der Waals surface area contributed by atoms with Crippen LogP contribution in [0, 0.1) is 13.8 Å². The lowest BCUT2D eigenvalue weighted by Gasteiger charge is -2.06. The molecule has 0 fully saturated rings. The Balaban J connectivity index is 2.18. The molecule has 21 heavy (non-hydrogen) atoms. The van der Waals surface area contributed by atoms with Gasteiger partial charge in [0, 0.05) is 13.5 Å². The molecule has 0 bridgehead atoms. The number of para-hydroxylation sites is 2. The zero-order valence-corrected chi connectivity index (χ0v) is 11.8. The summed E-state index contributed by atoms with van der Waals surface area (Å²) in [6.45, 7) is 3.97. The van der Waals surface area contributed by atoms with Gasteiger partial charge < -0.3 is 14.1 Å². The molecule has 0 spiro atoms. The Kier molecular flexibility index (Phi) is 3.21. The van der Waals surface area contributed by atoms with Gasteiger partial charge in [0.25, 0.3) is 0 Å². The first-order valence-electron chi connectivity index (χ1n) is 6.67. The van der Waals surface area contributed by atoms with E-state index in [1.807, 2.05) is 35.8 Å². The van der Waals surface area contributed by atoms with Crippen molar-refractivity contribution in [3.63, 3.8) is 0 Å². The Labute approximate surface area is 121 Å². The van der Waals surface area contributed by atoms with Crippen LogP contribution in [0.3, 0.4) is 0 Å². The molecule has 0 unspecified atom stereocenters. The zero-order valence-electron chi connectivity index (χ0n) is 11.8. The molecule has 3 rings (SSSR count). The van der Waals surface area contributed by atoms with Crippen LogP contribution >= 0.6 is 0 Å². The number of imidazole rings is 1. The van der Waals surface area contributed by atoms with Crippen molar-refractivity contribution in [1.29, 1.82) is 0 Å². The van der Waals surface area contributed by atoms with Crippen LogP contribution in [0.4, 0.5) is 0 Å². The molecule has 0 radical (unpaired) electrons.